The Bertz CT molecular complexity index is 393. The van der Waals surface area contributed by atoms with Gasteiger partial charge in [0.1, 0.15) is 0 Å². The van der Waals surface area contributed by atoms with Crippen LogP contribution in [0.4, 0.5) is 0 Å². The molecule has 0 aliphatic rings. The van der Waals surface area contributed by atoms with E-state index < -0.39 is 5.97 Å². The van der Waals surface area contributed by atoms with Crippen LogP contribution in [-0.2, 0) is 10.2 Å². The van der Waals surface area contributed by atoms with E-state index in [1.54, 1.807) is 0 Å². The van der Waals surface area contributed by atoms with E-state index in [4.69, 9.17) is 10.8 Å². The molecule has 0 heterocycles. The zero-order valence-electron chi connectivity index (χ0n) is 10.7. The largest absolute Gasteiger partial charge is 0.481 e. The van der Waals surface area contributed by atoms with Gasteiger partial charge in [0.25, 0.3) is 0 Å². The van der Waals surface area contributed by atoms with E-state index >= 15 is 0 Å². The van der Waals surface area contributed by atoms with Crippen LogP contribution in [0.2, 0.25) is 0 Å². The molecule has 0 aliphatic heterocycles. The molecule has 0 spiro atoms. The molecule has 17 heavy (non-hydrogen) atoms. The van der Waals surface area contributed by atoms with Crippen LogP contribution in [0, 0.1) is 0 Å². The van der Waals surface area contributed by atoms with Gasteiger partial charge in [0.05, 0.1) is 0 Å². The third-order valence-electron chi connectivity index (χ3n) is 2.84. The molecule has 0 amide bonds. The number of rotatable bonds is 4. The van der Waals surface area contributed by atoms with Crippen LogP contribution in [0.3, 0.4) is 0 Å². The number of aliphatic carboxylic acids is 1. The minimum Gasteiger partial charge on any atom is -0.481 e. The third-order valence-corrected chi connectivity index (χ3v) is 2.84. The molecule has 3 N–H and O–H groups in total. The summed E-state index contributed by atoms with van der Waals surface area (Å²) < 4.78 is 0. The summed E-state index contributed by atoms with van der Waals surface area (Å²) in [6.45, 7) is 6.40. The summed E-state index contributed by atoms with van der Waals surface area (Å²) >= 11 is 0. The fraction of sp³-hybridized carbons (Fsp3) is 0.500. The second-order valence-corrected chi connectivity index (χ2v) is 5.38. The lowest BCUT2D eigenvalue weighted by molar-refractivity contribution is -0.137. The summed E-state index contributed by atoms with van der Waals surface area (Å²) in [6.07, 6.45) is 0.585. The molecule has 0 fully saturated rings. The Balaban J connectivity index is 2.93. The van der Waals surface area contributed by atoms with Crippen LogP contribution in [-0.4, -0.2) is 11.1 Å². The van der Waals surface area contributed by atoms with E-state index in [2.05, 4.69) is 26.8 Å². The van der Waals surface area contributed by atoms with Crippen LogP contribution >= 0.6 is 0 Å². The lowest BCUT2D eigenvalue weighted by Gasteiger charge is -2.25. The van der Waals surface area contributed by atoms with Gasteiger partial charge in [-0.15, -0.1) is 0 Å². The van der Waals surface area contributed by atoms with Gasteiger partial charge in [-0.2, -0.15) is 0 Å². The first-order valence-corrected chi connectivity index (χ1v) is 5.89. The van der Waals surface area contributed by atoms with E-state index in [0.29, 0.717) is 6.42 Å². The second kappa shape index (κ2) is 5.32. The quantitative estimate of drug-likeness (QED) is 0.843. The number of carbonyl (C=O) groups is 1. The van der Waals surface area contributed by atoms with Crippen LogP contribution in [0.1, 0.15) is 50.8 Å². The first kappa shape index (κ1) is 13.7. The summed E-state index contributed by atoms with van der Waals surface area (Å²) in [6, 6.07) is 7.80. The van der Waals surface area contributed by atoms with Gasteiger partial charge in [0.2, 0.25) is 0 Å². The van der Waals surface area contributed by atoms with Crippen molar-refractivity contribution in [2.75, 3.05) is 0 Å². The topological polar surface area (TPSA) is 63.3 Å². The highest BCUT2D eigenvalue weighted by atomic mass is 16.4. The Kier molecular flexibility index (Phi) is 4.29. The van der Waals surface area contributed by atoms with Crippen molar-refractivity contribution in [3.63, 3.8) is 0 Å². The van der Waals surface area contributed by atoms with Crippen molar-refractivity contribution >= 4 is 5.97 Å². The van der Waals surface area contributed by atoms with Gasteiger partial charge in [-0.3, -0.25) is 4.79 Å². The van der Waals surface area contributed by atoms with Gasteiger partial charge >= 0.3 is 5.97 Å². The van der Waals surface area contributed by atoms with Crippen molar-refractivity contribution in [3.05, 3.63) is 35.4 Å². The Morgan fingerprint density at radius 2 is 1.94 bits per heavy atom. The lowest BCUT2D eigenvalue weighted by atomic mass is 9.81. The van der Waals surface area contributed by atoms with Crippen LogP contribution < -0.4 is 5.73 Å². The molecule has 1 rings (SSSR count). The molecule has 0 saturated heterocycles. The molecule has 0 saturated carbocycles. The summed E-state index contributed by atoms with van der Waals surface area (Å²) in [4.78, 5) is 10.6. The molecule has 3 nitrogen and oxygen atoms in total. The summed E-state index contributed by atoms with van der Waals surface area (Å²) in [5.41, 5.74) is 8.35. The minimum absolute atomic E-state index is 0.0252. The highest BCUT2D eigenvalue weighted by Crippen LogP contribution is 2.30. The molecule has 1 unspecified atom stereocenters. The zero-order chi connectivity index (χ0) is 13.1. The number of benzene rings is 1. The lowest BCUT2D eigenvalue weighted by Crippen LogP contribution is -2.20. The van der Waals surface area contributed by atoms with Crippen LogP contribution in [0.5, 0.6) is 0 Å². The maximum Gasteiger partial charge on any atom is 0.303 e. The van der Waals surface area contributed by atoms with Crippen molar-refractivity contribution in [3.8, 4) is 0 Å². The van der Waals surface area contributed by atoms with Gasteiger partial charge in [0, 0.05) is 12.5 Å². The Labute approximate surface area is 103 Å². The fourth-order valence-corrected chi connectivity index (χ4v) is 1.94. The number of hydrogen-bond acceptors (Lipinski definition) is 2. The van der Waals surface area contributed by atoms with Gasteiger partial charge in [0.15, 0.2) is 0 Å². The van der Waals surface area contributed by atoms with Crippen molar-refractivity contribution in [1.29, 1.82) is 0 Å². The molecule has 3 heteroatoms. The smallest absolute Gasteiger partial charge is 0.303 e. The first-order chi connectivity index (χ1) is 7.82. The van der Waals surface area contributed by atoms with Crippen molar-refractivity contribution in [1.82, 2.24) is 0 Å². The predicted octanol–water partition coefficient (Wildman–Crippen LogP) is 2.85. The Morgan fingerprint density at radius 3 is 2.47 bits per heavy atom. The molecule has 0 aromatic heterocycles. The van der Waals surface area contributed by atoms with Crippen LogP contribution in [0.25, 0.3) is 0 Å². The first-order valence-electron chi connectivity index (χ1n) is 5.89. The molecule has 1 aromatic carbocycles. The molecular formula is C14H21NO2. The van der Waals surface area contributed by atoms with E-state index in [0.717, 1.165) is 5.56 Å². The molecule has 0 radical (unpaired) electrons. The summed E-state index contributed by atoms with van der Waals surface area (Å²) in [5.74, 6) is -0.798. The zero-order valence-corrected chi connectivity index (χ0v) is 10.7. The average molecular weight is 235 g/mol. The van der Waals surface area contributed by atoms with Gasteiger partial charge in [-0.1, -0.05) is 45.0 Å². The van der Waals surface area contributed by atoms with Crippen molar-refractivity contribution in [2.45, 2.75) is 45.1 Å². The highest BCUT2D eigenvalue weighted by molar-refractivity contribution is 5.66. The molecule has 0 bridgehead atoms. The monoisotopic (exact) mass is 235 g/mol. The van der Waals surface area contributed by atoms with Crippen molar-refractivity contribution in [2.24, 2.45) is 5.73 Å². The molecule has 0 aliphatic carbocycles. The number of hydrogen-bond donors (Lipinski definition) is 2. The highest BCUT2D eigenvalue weighted by Gasteiger charge is 2.20. The molecular weight excluding hydrogens is 214 g/mol. The van der Waals surface area contributed by atoms with E-state index in [1.807, 2.05) is 18.2 Å². The predicted molar refractivity (Wildman–Crippen MR) is 68.9 cm³/mol. The van der Waals surface area contributed by atoms with E-state index in [-0.39, 0.29) is 17.9 Å². The van der Waals surface area contributed by atoms with E-state index in [9.17, 15) is 4.79 Å². The normalized spacial score (nSPS) is 13.4. The fourth-order valence-electron chi connectivity index (χ4n) is 1.94. The van der Waals surface area contributed by atoms with Gasteiger partial charge in [-0.05, 0) is 23.0 Å². The van der Waals surface area contributed by atoms with Crippen LogP contribution in [0.15, 0.2) is 24.3 Å². The Morgan fingerprint density at radius 1 is 1.35 bits per heavy atom. The minimum atomic E-state index is -0.798. The summed E-state index contributed by atoms with van der Waals surface area (Å²) in [5, 5.41) is 8.68. The SMILES string of the molecule is CC(C)(C)c1ccccc1C(N)CCC(=O)O. The Hall–Kier alpha value is -1.35. The third kappa shape index (κ3) is 3.86. The summed E-state index contributed by atoms with van der Waals surface area (Å²) in [7, 11) is 0. The molecule has 1 atom stereocenters. The number of nitrogens with two attached hydrogens (primary N) is 1. The maximum absolute atomic E-state index is 10.6. The molecule has 94 valence electrons. The number of carboxylic acid groups (broad SMARTS) is 1. The van der Waals surface area contributed by atoms with Gasteiger partial charge in [-0.25, -0.2) is 0 Å². The number of carboxylic acids is 1. The van der Waals surface area contributed by atoms with E-state index in [1.165, 1.54) is 5.56 Å². The maximum atomic E-state index is 10.6. The molecule has 1 aromatic rings. The second-order valence-electron chi connectivity index (χ2n) is 5.38. The average Bonchev–Trinajstić information content (AvgIpc) is 2.24. The van der Waals surface area contributed by atoms with Crippen molar-refractivity contribution < 1.29 is 9.90 Å². The van der Waals surface area contributed by atoms with Gasteiger partial charge < -0.3 is 10.8 Å². The standard InChI is InChI=1S/C14H21NO2/c1-14(2,3)11-7-5-4-6-10(11)12(15)8-9-13(16)17/h4-7,12H,8-9,15H2,1-3H3,(H,16,17).